The van der Waals surface area contributed by atoms with E-state index in [-0.39, 0.29) is 12.6 Å². The Morgan fingerprint density at radius 2 is 1.42 bits per heavy atom. The molecule has 0 aliphatic carbocycles. The van der Waals surface area contributed by atoms with Crippen molar-refractivity contribution >= 4 is 5.97 Å². The second-order valence-electron chi connectivity index (χ2n) is 8.64. The zero-order valence-corrected chi connectivity index (χ0v) is 21.0. The van der Waals surface area contributed by atoms with Gasteiger partial charge in [-0.1, -0.05) is 60.7 Å². The molecule has 3 aromatic rings. The standard InChI is InChI=1S/C29H34N2O5/c1-33-26-14-13-25(21-27(26)34-2)36-28(32)22-35-20-19-30-15-17-31(18-16-30)29(23-9-5-3-6-10-23)24-11-7-4-8-12-24/h3-14,21,29H,15-20,22H2,1-2H3. The predicted molar refractivity (Wildman–Crippen MR) is 139 cm³/mol. The highest BCUT2D eigenvalue weighted by atomic mass is 16.6. The summed E-state index contributed by atoms with van der Waals surface area (Å²) in [6.07, 6.45) is 0. The average molecular weight is 491 g/mol. The number of ether oxygens (including phenoxy) is 4. The Morgan fingerprint density at radius 3 is 2.00 bits per heavy atom. The summed E-state index contributed by atoms with van der Waals surface area (Å²) in [6.45, 7) is 5.00. The molecule has 0 N–H and O–H groups in total. The van der Waals surface area contributed by atoms with Crippen LogP contribution in [0.4, 0.5) is 0 Å². The van der Waals surface area contributed by atoms with Gasteiger partial charge in [-0.2, -0.15) is 0 Å². The Balaban J connectivity index is 1.21. The van der Waals surface area contributed by atoms with Crippen molar-refractivity contribution in [2.45, 2.75) is 6.04 Å². The lowest BCUT2D eigenvalue weighted by atomic mass is 9.96. The molecule has 0 atom stereocenters. The van der Waals surface area contributed by atoms with E-state index >= 15 is 0 Å². The molecule has 190 valence electrons. The fourth-order valence-corrected chi connectivity index (χ4v) is 4.52. The third-order valence-electron chi connectivity index (χ3n) is 6.36. The highest BCUT2D eigenvalue weighted by Crippen LogP contribution is 2.31. The van der Waals surface area contributed by atoms with E-state index in [4.69, 9.17) is 18.9 Å². The van der Waals surface area contributed by atoms with Crippen molar-refractivity contribution in [3.8, 4) is 17.2 Å². The molecule has 1 aliphatic heterocycles. The number of esters is 1. The Hall–Kier alpha value is -3.39. The topological polar surface area (TPSA) is 60.5 Å². The molecule has 1 aliphatic rings. The van der Waals surface area contributed by atoms with Gasteiger partial charge in [0.25, 0.3) is 0 Å². The van der Waals surface area contributed by atoms with Crippen LogP contribution < -0.4 is 14.2 Å². The van der Waals surface area contributed by atoms with Gasteiger partial charge in [0.15, 0.2) is 11.5 Å². The molecule has 0 aromatic heterocycles. The van der Waals surface area contributed by atoms with Gasteiger partial charge in [-0.15, -0.1) is 0 Å². The third-order valence-corrected chi connectivity index (χ3v) is 6.36. The molecular weight excluding hydrogens is 456 g/mol. The minimum Gasteiger partial charge on any atom is -0.493 e. The van der Waals surface area contributed by atoms with Crippen LogP contribution in [0.1, 0.15) is 17.2 Å². The van der Waals surface area contributed by atoms with Crippen LogP contribution in [-0.2, 0) is 9.53 Å². The molecule has 0 bridgehead atoms. The second kappa shape index (κ2) is 13.1. The van der Waals surface area contributed by atoms with Crippen LogP contribution in [0.25, 0.3) is 0 Å². The highest BCUT2D eigenvalue weighted by molar-refractivity contribution is 5.73. The number of hydrogen-bond donors (Lipinski definition) is 0. The van der Waals surface area contributed by atoms with Gasteiger partial charge in [0, 0.05) is 38.8 Å². The number of benzene rings is 3. The first-order valence-electron chi connectivity index (χ1n) is 12.2. The maximum absolute atomic E-state index is 12.2. The zero-order chi connectivity index (χ0) is 25.2. The summed E-state index contributed by atoms with van der Waals surface area (Å²) < 4.78 is 21.4. The second-order valence-corrected chi connectivity index (χ2v) is 8.64. The average Bonchev–Trinajstić information content (AvgIpc) is 2.93. The van der Waals surface area contributed by atoms with Crippen LogP contribution in [0.3, 0.4) is 0 Å². The van der Waals surface area contributed by atoms with Gasteiger partial charge in [-0.05, 0) is 23.3 Å². The van der Waals surface area contributed by atoms with Crippen LogP contribution >= 0.6 is 0 Å². The first-order valence-corrected chi connectivity index (χ1v) is 12.2. The molecule has 7 nitrogen and oxygen atoms in total. The number of carbonyl (C=O) groups excluding carboxylic acids is 1. The van der Waals surface area contributed by atoms with E-state index in [9.17, 15) is 4.79 Å². The molecule has 1 heterocycles. The van der Waals surface area contributed by atoms with Gasteiger partial charge in [-0.25, -0.2) is 4.79 Å². The molecule has 0 radical (unpaired) electrons. The number of methoxy groups -OCH3 is 2. The van der Waals surface area contributed by atoms with Crippen molar-refractivity contribution < 1.29 is 23.7 Å². The summed E-state index contributed by atoms with van der Waals surface area (Å²) in [7, 11) is 3.10. The molecule has 0 unspecified atom stereocenters. The van der Waals surface area contributed by atoms with E-state index in [2.05, 4.69) is 70.5 Å². The van der Waals surface area contributed by atoms with Gasteiger partial charge in [0.05, 0.1) is 26.9 Å². The minimum absolute atomic E-state index is 0.0988. The molecule has 0 amide bonds. The quantitative estimate of drug-likeness (QED) is 0.228. The molecular formula is C29H34N2O5. The molecule has 1 saturated heterocycles. The molecule has 3 aromatic carbocycles. The van der Waals surface area contributed by atoms with Crippen molar-refractivity contribution in [3.05, 3.63) is 90.0 Å². The number of piperazine rings is 1. The van der Waals surface area contributed by atoms with E-state index < -0.39 is 5.97 Å². The number of hydrogen-bond acceptors (Lipinski definition) is 7. The Bertz CT molecular complexity index is 1050. The SMILES string of the molecule is COc1ccc(OC(=O)COCCN2CCN(C(c3ccccc3)c3ccccc3)CC2)cc1OC. The Morgan fingerprint density at radius 1 is 0.806 bits per heavy atom. The van der Waals surface area contributed by atoms with Crippen LogP contribution in [0.5, 0.6) is 17.2 Å². The molecule has 1 fully saturated rings. The van der Waals surface area contributed by atoms with Crippen molar-refractivity contribution in [2.24, 2.45) is 0 Å². The first-order chi connectivity index (χ1) is 17.7. The number of nitrogens with zero attached hydrogens (tertiary/aromatic N) is 2. The summed E-state index contributed by atoms with van der Waals surface area (Å²) in [4.78, 5) is 17.1. The largest absolute Gasteiger partial charge is 0.493 e. The smallest absolute Gasteiger partial charge is 0.337 e. The van der Waals surface area contributed by atoms with Gasteiger partial charge in [-0.3, -0.25) is 9.80 Å². The summed E-state index contributed by atoms with van der Waals surface area (Å²) in [5.41, 5.74) is 2.63. The normalized spacial score (nSPS) is 14.5. The van der Waals surface area contributed by atoms with Crippen molar-refractivity contribution in [2.75, 3.05) is 60.2 Å². The molecule has 36 heavy (non-hydrogen) atoms. The minimum atomic E-state index is -0.444. The summed E-state index contributed by atoms with van der Waals surface area (Å²) in [6, 6.07) is 26.6. The zero-order valence-electron chi connectivity index (χ0n) is 21.0. The fraction of sp³-hybridized carbons (Fsp3) is 0.345. The maximum Gasteiger partial charge on any atom is 0.337 e. The van der Waals surface area contributed by atoms with Crippen molar-refractivity contribution in [1.82, 2.24) is 9.80 Å². The Labute approximate surface area is 213 Å². The van der Waals surface area contributed by atoms with Gasteiger partial charge in [0.2, 0.25) is 0 Å². The maximum atomic E-state index is 12.2. The van der Waals surface area contributed by atoms with E-state index in [0.29, 0.717) is 23.9 Å². The number of rotatable bonds is 11. The summed E-state index contributed by atoms with van der Waals surface area (Å²) >= 11 is 0. The first kappa shape index (κ1) is 25.7. The lowest BCUT2D eigenvalue weighted by Crippen LogP contribution is -2.48. The lowest BCUT2D eigenvalue weighted by Gasteiger charge is -2.39. The molecule has 7 heteroatoms. The number of carbonyl (C=O) groups is 1. The molecule has 0 saturated carbocycles. The van der Waals surface area contributed by atoms with Gasteiger partial charge in [0.1, 0.15) is 12.4 Å². The predicted octanol–water partition coefficient (Wildman–Crippen LogP) is 4.03. The highest BCUT2D eigenvalue weighted by Gasteiger charge is 2.26. The van der Waals surface area contributed by atoms with Crippen LogP contribution in [0.15, 0.2) is 78.9 Å². The summed E-state index contributed by atoms with van der Waals surface area (Å²) in [5.74, 6) is 1.03. The van der Waals surface area contributed by atoms with Crippen LogP contribution in [0, 0.1) is 0 Å². The van der Waals surface area contributed by atoms with Gasteiger partial charge < -0.3 is 18.9 Å². The van der Waals surface area contributed by atoms with E-state index in [1.54, 1.807) is 25.3 Å². The van der Waals surface area contributed by atoms with Crippen molar-refractivity contribution in [3.63, 3.8) is 0 Å². The molecule has 0 spiro atoms. The van der Waals surface area contributed by atoms with E-state index in [1.165, 1.54) is 18.2 Å². The summed E-state index contributed by atoms with van der Waals surface area (Å²) in [5, 5.41) is 0. The lowest BCUT2D eigenvalue weighted by molar-refractivity contribution is -0.139. The van der Waals surface area contributed by atoms with E-state index in [1.807, 2.05) is 0 Å². The Kier molecular flexibility index (Phi) is 9.33. The van der Waals surface area contributed by atoms with Crippen LogP contribution in [0.2, 0.25) is 0 Å². The third kappa shape index (κ3) is 6.85. The molecule has 4 rings (SSSR count). The monoisotopic (exact) mass is 490 g/mol. The van der Waals surface area contributed by atoms with Crippen LogP contribution in [-0.4, -0.2) is 75.9 Å². The van der Waals surface area contributed by atoms with E-state index in [0.717, 1.165) is 32.7 Å². The fourth-order valence-electron chi connectivity index (χ4n) is 4.52. The van der Waals surface area contributed by atoms with Gasteiger partial charge >= 0.3 is 5.97 Å². The van der Waals surface area contributed by atoms with Crippen molar-refractivity contribution in [1.29, 1.82) is 0 Å².